The highest BCUT2D eigenvalue weighted by molar-refractivity contribution is 5.82. The highest BCUT2D eigenvalue weighted by Crippen LogP contribution is 2.36. The van der Waals surface area contributed by atoms with Crippen molar-refractivity contribution in [3.8, 4) is 5.82 Å². The molecule has 4 atom stereocenters. The first-order valence-electron chi connectivity index (χ1n) is 12.7. The first-order chi connectivity index (χ1) is 17.4. The van der Waals surface area contributed by atoms with Crippen LogP contribution in [0.3, 0.4) is 0 Å². The number of fused-ring (bicyclic) bond motifs is 3. The van der Waals surface area contributed by atoms with Gasteiger partial charge in [-0.05, 0) is 56.5 Å². The Labute approximate surface area is 208 Å². The fourth-order valence-electron chi connectivity index (χ4n) is 6.03. The number of aromatic nitrogens is 4. The molecule has 9 nitrogen and oxygen atoms in total. The van der Waals surface area contributed by atoms with E-state index in [-0.39, 0.29) is 25.0 Å². The lowest BCUT2D eigenvalue weighted by Gasteiger charge is -2.35. The van der Waals surface area contributed by atoms with Crippen LogP contribution in [0.4, 0.5) is 10.2 Å². The van der Waals surface area contributed by atoms with Gasteiger partial charge in [-0.2, -0.15) is 5.10 Å². The quantitative estimate of drug-likeness (QED) is 0.559. The van der Waals surface area contributed by atoms with E-state index in [0.29, 0.717) is 37.2 Å². The number of morpholine rings is 1. The topological polar surface area (TPSA) is 96.6 Å². The molecule has 10 heteroatoms. The van der Waals surface area contributed by atoms with Gasteiger partial charge in [0, 0.05) is 37.0 Å². The van der Waals surface area contributed by atoms with Gasteiger partial charge in [-0.25, -0.2) is 19.0 Å². The molecule has 3 aliphatic heterocycles. The van der Waals surface area contributed by atoms with Crippen molar-refractivity contribution in [2.75, 3.05) is 37.7 Å². The SMILES string of the molecule is Cc1nc(N2C[C@@H]3C[C@H]2CO3)cc(-n2ncc3cc(C)c(C4CCN(CCC(=O)O)CC4F)cc32)n1. The second-order valence-corrected chi connectivity index (χ2v) is 10.3. The molecular weight excluding hydrogens is 463 g/mol. The number of alkyl halides is 1. The van der Waals surface area contributed by atoms with Crippen molar-refractivity contribution >= 4 is 22.7 Å². The number of aliphatic carboxylic acids is 1. The molecule has 36 heavy (non-hydrogen) atoms. The number of halogens is 1. The zero-order valence-electron chi connectivity index (χ0n) is 20.6. The molecule has 2 unspecified atom stereocenters. The summed E-state index contributed by atoms with van der Waals surface area (Å²) in [4.78, 5) is 24.5. The Morgan fingerprint density at radius 2 is 2.03 bits per heavy atom. The van der Waals surface area contributed by atoms with Crippen LogP contribution >= 0.6 is 0 Å². The van der Waals surface area contributed by atoms with E-state index in [1.54, 1.807) is 0 Å². The summed E-state index contributed by atoms with van der Waals surface area (Å²) in [7, 11) is 0. The largest absolute Gasteiger partial charge is 0.481 e. The van der Waals surface area contributed by atoms with Crippen LogP contribution in [-0.2, 0) is 9.53 Å². The maximum absolute atomic E-state index is 15.3. The normalized spacial score (nSPS) is 26.2. The standard InChI is InChI=1S/C26H31FN6O3/c1-15-7-17-11-28-33(25-10-24(29-16(2)30-25)32-12-19-8-18(32)14-36-19)23(17)9-21(15)20-3-5-31(13-22(20)27)6-4-26(34)35/h7,9-11,18-20,22H,3-6,8,12-14H2,1-2H3,(H,34,35)/t18-,19-,20?,22?/m0/s1. The molecule has 3 fully saturated rings. The van der Waals surface area contributed by atoms with Crippen molar-refractivity contribution in [2.24, 2.45) is 0 Å². The molecule has 190 valence electrons. The van der Waals surface area contributed by atoms with Crippen molar-refractivity contribution in [1.82, 2.24) is 24.6 Å². The Morgan fingerprint density at radius 1 is 1.19 bits per heavy atom. The molecule has 2 bridgehead atoms. The summed E-state index contributed by atoms with van der Waals surface area (Å²) in [5.74, 6) is 1.19. The number of benzene rings is 1. The Kier molecular flexibility index (Phi) is 5.88. The second kappa shape index (κ2) is 9.08. The van der Waals surface area contributed by atoms with Crippen LogP contribution in [0.2, 0.25) is 0 Å². The number of aryl methyl sites for hydroxylation is 2. The number of nitrogens with zero attached hydrogens (tertiary/aromatic N) is 6. The summed E-state index contributed by atoms with van der Waals surface area (Å²) in [6.07, 6.45) is 2.77. The molecule has 0 radical (unpaired) electrons. The molecule has 3 aliphatic rings. The monoisotopic (exact) mass is 494 g/mol. The van der Waals surface area contributed by atoms with E-state index in [1.165, 1.54) is 0 Å². The Balaban J connectivity index is 1.30. The Morgan fingerprint density at radius 3 is 2.75 bits per heavy atom. The minimum Gasteiger partial charge on any atom is -0.481 e. The molecule has 0 aliphatic carbocycles. The summed E-state index contributed by atoms with van der Waals surface area (Å²) in [5.41, 5.74) is 2.92. The van der Waals surface area contributed by atoms with Crippen molar-refractivity contribution in [2.45, 2.75) is 57.3 Å². The molecule has 0 amide bonds. The number of anilines is 1. The van der Waals surface area contributed by atoms with Crippen molar-refractivity contribution in [3.63, 3.8) is 0 Å². The number of carboxylic acids is 1. The maximum Gasteiger partial charge on any atom is 0.304 e. The van der Waals surface area contributed by atoms with Gasteiger partial charge < -0.3 is 14.7 Å². The molecule has 1 N–H and O–H groups in total. The third kappa shape index (κ3) is 4.22. The van der Waals surface area contributed by atoms with Gasteiger partial charge in [0.1, 0.15) is 17.8 Å². The van der Waals surface area contributed by atoms with Crippen LogP contribution in [0.1, 0.15) is 42.1 Å². The number of carbonyl (C=O) groups is 1. The minimum atomic E-state index is -1.05. The summed E-state index contributed by atoms with van der Waals surface area (Å²) < 4.78 is 22.9. The molecule has 0 spiro atoms. The number of hydrogen-bond acceptors (Lipinski definition) is 7. The fourth-order valence-corrected chi connectivity index (χ4v) is 6.03. The fraction of sp³-hybridized carbons (Fsp3) is 0.538. The summed E-state index contributed by atoms with van der Waals surface area (Å²) in [5, 5.41) is 14.6. The molecule has 2 aromatic heterocycles. The summed E-state index contributed by atoms with van der Waals surface area (Å²) in [6.45, 7) is 6.81. The van der Waals surface area contributed by atoms with Crippen LogP contribution in [0.15, 0.2) is 24.4 Å². The zero-order valence-corrected chi connectivity index (χ0v) is 20.6. The molecule has 3 aromatic rings. The molecule has 6 rings (SSSR count). The Bertz CT molecular complexity index is 1310. The van der Waals surface area contributed by atoms with Gasteiger partial charge >= 0.3 is 5.97 Å². The van der Waals surface area contributed by atoms with Gasteiger partial charge in [0.2, 0.25) is 0 Å². The van der Waals surface area contributed by atoms with Gasteiger partial charge in [-0.1, -0.05) is 0 Å². The van der Waals surface area contributed by atoms with Gasteiger partial charge in [-0.15, -0.1) is 0 Å². The minimum absolute atomic E-state index is 0.0355. The van der Waals surface area contributed by atoms with Gasteiger partial charge in [0.05, 0.1) is 36.9 Å². The third-order valence-corrected chi connectivity index (χ3v) is 7.85. The number of likely N-dealkylation sites (tertiary alicyclic amines) is 1. The number of carboxylic acid groups (broad SMARTS) is 1. The lowest BCUT2D eigenvalue weighted by atomic mass is 9.85. The van der Waals surface area contributed by atoms with Crippen molar-refractivity contribution in [1.29, 1.82) is 0 Å². The molecule has 1 aromatic carbocycles. The molecule has 0 saturated carbocycles. The van der Waals surface area contributed by atoms with Gasteiger partial charge in [0.15, 0.2) is 5.82 Å². The van der Waals surface area contributed by atoms with Crippen LogP contribution < -0.4 is 4.90 Å². The summed E-state index contributed by atoms with van der Waals surface area (Å²) in [6, 6.07) is 6.47. The van der Waals surface area contributed by atoms with E-state index >= 15 is 4.39 Å². The van der Waals surface area contributed by atoms with E-state index in [1.807, 2.05) is 35.7 Å². The number of ether oxygens (including phenoxy) is 1. The highest BCUT2D eigenvalue weighted by atomic mass is 19.1. The van der Waals surface area contributed by atoms with E-state index in [4.69, 9.17) is 14.8 Å². The van der Waals surface area contributed by atoms with Crippen LogP contribution in [0.25, 0.3) is 16.7 Å². The summed E-state index contributed by atoms with van der Waals surface area (Å²) >= 11 is 0. The smallest absolute Gasteiger partial charge is 0.304 e. The van der Waals surface area contributed by atoms with Crippen molar-refractivity contribution in [3.05, 3.63) is 41.3 Å². The highest BCUT2D eigenvalue weighted by Gasteiger charge is 2.40. The average molecular weight is 495 g/mol. The lowest BCUT2D eigenvalue weighted by molar-refractivity contribution is -0.137. The van der Waals surface area contributed by atoms with Crippen molar-refractivity contribution < 1.29 is 19.0 Å². The van der Waals surface area contributed by atoms with E-state index < -0.39 is 12.1 Å². The predicted molar refractivity (Wildman–Crippen MR) is 133 cm³/mol. The maximum atomic E-state index is 15.3. The van der Waals surface area contributed by atoms with E-state index in [9.17, 15) is 4.79 Å². The Hall–Kier alpha value is -3.11. The number of hydrogen-bond donors (Lipinski definition) is 1. The zero-order chi connectivity index (χ0) is 25.0. The third-order valence-electron chi connectivity index (χ3n) is 7.85. The van der Waals surface area contributed by atoms with E-state index in [0.717, 1.165) is 47.4 Å². The average Bonchev–Trinajstić information content (AvgIpc) is 3.58. The second-order valence-electron chi connectivity index (χ2n) is 10.3. The molecule has 5 heterocycles. The first kappa shape index (κ1) is 23.3. The first-order valence-corrected chi connectivity index (χ1v) is 12.7. The number of rotatable bonds is 6. The van der Waals surface area contributed by atoms with Crippen LogP contribution in [0.5, 0.6) is 0 Å². The van der Waals surface area contributed by atoms with Gasteiger partial charge in [-0.3, -0.25) is 9.69 Å². The van der Waals surface area contributed by atoms with Crippen LogP contribution in [0, 0.1) is 13.8 Å². The van der Waals surface area contributed by atoms with E-state index in [2.05, 4.69) is 27.1 Å². The predicted octanol–water partition coefficient (Wildman–Crippen LogP) is 3.01. The number of piperidine rings is 1. The van der Waals surface area contributed by atoms with Gasteiger partial charge in [0.25, 0.3) is 0 Å². The lowest BCUT2D eigenvalue weighted by Crippen LogP contribution is -2.41. The molecule has 3 saturated heterocycles. The van der Waals surface area contributed by atoms with Crippen LogP contribution in [-0.4, -0.2) is 86.8 Å². The molecular formula is C26H31FN6O3.